The summed E-state index contributed by atoms with van der Waals surface area (Å²) in [5, 5.41) is 0.493. The van der Waals surface area contributed by atoms with Gasteiger partial charge in [0.15, 0.2) is 11.5 Å². The number of pyridine rings is 1. The van der Waals surface area contributed by atoms with Crippen LogP contribution in [0.3, 0.4) is 0 Å². The molecule has 1 saturated heterocycles. The minimum absolute atomic E-state index is 0.00324. The van der Waals surface area contributed by atoms with Gasteiger partial charge < -0.3 is 14.4 Å². The van der Waals surface area contributed by atoms with E-state index in [1.54, 1.807) is 18.2 Å². The molecule has 0 aliphatic carbocycles. The molecule has 0 saturated carbocycles. The standard InChI is InChI=1S/C21H22ClN3O3/c22-18-13-16(14-19-21(18)28-12-11-27-19)4-5-20(26)25-9-7-24(8-10-25)15-17-3-1-2-6-23-17/h1-6,13-14H,7-12,15H2/b5-4+. The van der Waals surface area contributed by atoms with Crippen LogP contribution in [0, 0.1) is 0 Å². The Labute approximate surface area is 169 Å². The Morgan fingerprint density at radius 2 is 1.96 bits per heavy atom. The van der Waals surface area contributed by atoms with Crippen molar-refractivity contribution in [3.05, 3.63) is 58.9 Å². The Morgan fingerprint density at radius 1 is 1.14 bits per heavy atom. The Hall–Kier alpha value is -2.57. The first-order valence-corrected chi connectivity index (χ1v) is 9.75. The van der Waals surface area contributed by atoms with Gasteiger partial charge in [0.05, 0.1) is 10.7 Å². The summed E-state index contributed by atoms with van der Waals surface area (Å²) < 4.78 is 11.1. The smallest absolute Gasteiger partial charge is 0.246 e. The normalized spacial score (nSPS) is 17.1. The molecular formula is C21H22ClN3O3. The minimum atomic E-state index is 0.00324. The van der Waals surface area contributed by atoms with E-state index < -0.39 is 0 Å². The average molecular weight is 400 g/mol. The molecule has 0 bridgehead atoms. The van der Waals surface area contributed by atoms with E-state index in [1.807, 2.05) is 35.4 Å². The Morgan fingerprint density at radius 3 is 2.75 bits per heavy atom. The molecule has 2 aliphatic rings. The van der Waals surface area contributed by atoms with Crippen molar-refractivity contribution in [3.8, 4) is 11.5 Å². The number of benzene rings is 1. The number of nitrogens with zero attached hydrogens (tertiary/aromatic N) is 3. The minimum Gasteiger partial charge on any atom is -0.486 e. The van der Waals surface area contributed by atoms with Gasteiger partial charge in [-0.3, -0.25) is 14.7 Å². The lowest BCUT2D eigenvalue weighted by molar-refractivity contribution is -0.127. The first-order valence-electron chi connectivity index (χ1n) is 9.37. The van der Waals surface area contributed by atoms with Crippen LogP contribution in [0.15, 0.2) is 42.6 Å². The van der Waals surface area contributed by atoms with Crippen LogP contribution in [0.5, 0.6) is 11.5 Å². The molecule has 6 nitrogen and oxygen atoms in total. The van der Waals surface area contributed by atoms with E-state index in [1.165, 1.54) is 0 Å². The maximum absolute atomic E-state index is 12.5. The van der Waals surface area contributed by atoms with Gasteiger partial charge in [-0.2, -0.15) is 0 Å². The molecule has 0 radical (unpaired) electrons. The molecule has 1 aromatic heterocycles. The largest absolute Gasteiger partial charge is 0.486 e. The molecule has 7 heteroatoms. The first kappa shape index (κ1) is 18.8. The van der Waals surface area contributed by atoms with Crippen molar-refractivity contribution in [2.45, 2.75) is 6.54 Å². The molecule has 2 aromatic rings. The summed E-state index contributed by atoms with van der Waals surface area (Å²) in [7, 11) is 0. The number of carbonyl (C=O) groups excluding carboxylic acids is 1. The molecule has 1 aromatic carbocycles. The number of rotatable bonds is 4. The second kappa shape index (κ2) is 8.63. The van der Waals surface area contributed by atoms with Crippen molar-refractivity contribution < 1.29 is 14.3 Å². The lowest BCUT2D eigenvalue weighted by Gasteiger charge is -2.34. The van der Waals surface area contributed by atoms with E-state index in [2.05, 4.69) is 9.88 Å². The highest BCUT2D eigenvalue weighted by molar-refractivity contribution is 6.32. The topological polar surface area (TPSA) is 54.9 Å². The van der Waals surface area contributed by atoms with Gasteiger partial charge in [-0.1, -0.05) is 17.7 Å². The number of hydrogen-bond donors (Lipinski definition) is 0. The van der Waals surface area contributed by atoms with Crippen LogP contribution >= 0.6 is 11.6 Å². The summed E-state index contributed by atoms with van der Waals surface area (Å²) in [5.74, 6) is 1.19. The second-order valence-electron chi connectivity index (χ2n) is 6.78. The van der Waals surface area contributed by atoms with Crippen molar-refractivity contribution in [3.63, 3.8) is 0 Å². The van der Waals surface area contributed by atoms with Crippen LogP contribution < -0.4 is 9.47 Å². The van der Waals surface area contributed by atoms with E-state index in [4.69, 9.17) is 21.1 Å². The molecule has 1 amide bonds. The van der Waals surface area contributed by atoms with Gasteiger partial charge in [0.2, 0.25) is 5.91 Å². The zero-order valence-electron chi connectivity index (χ0n) is 15.5. The summed E-state index contributed by atoms with van der Waals surface area (Å²) in [5.41, 5.74) is 1.87. The van der Waals surface area contributed by atoms with Crippen LogP contribution in [0.25, 0.3) is 6.08 Å². The van der Waals surface area contributed by atoms with Crippen molar-refractivity contribution in [2.24, 2.45) is 0 Å². The Bertz CT molecular complexity index is 865. The number of carbonyl (C=O) groups is 1. The number of fused-ring (bicyclic) bond motifs is 1. The van der Waals surface area contributed by atoms with Gasteiger partial charge >= 0.3 is 0 Å². The lowest BCUT2D eigenvalue weighted by atomic mass is 10.1. The molecule has 0 atom stereocenters. The number of halogens is 1. The molecule has 0 N–H and O–H groups in total. The molecule has 28 heavy (non-hydrogen) atoms. The average Bonchev–Trinajstić information content (AvgIpc) is 2.73. The maximum atomic E-state index is 12.5. The maximum Gasteiger partial charge on any atom is 0.246 e. The van der Waals surface area contributed by atoms with E-state index >= 15 is 0 Å². The number of piperazine rings is 1. The van der Waals surface area contributed by atoms with Gasteiger partial charge in [-0.15, -0.1) is 0 Å². The molecule has 2 aliphatic heterocycles. The summed E-state index contributed by atoms with van der Waals surface area (Å²) in [4.78, 5) is 21.1. The number of hydrogen-bond acceptors (Lipinski definition) is 5. The highest BCUT2D eigenvalue weighted by Crippen LogP contribution is 2.38. The summed E-state index contributed by atoms with van der Waals surface area (Å²) in [6.45, 7) is 4.90. The van der Waals surface area contributed by atoms with Crippen LogP contribution in [0.1, 0.15) is 11.3 Å². The van der Waals surface area contributed by atoms with Crippen molar-refractivity contribution in [2.75, 3.05) is 39.4 Å². The summed E-state index contributed by atoms with van der Waals surface area (Å²) >= 11 is 6.25. The lowest BCUT2D eigenvalue weighted by Crippen LogP contribution is -2.47. The fraction of sp³-hybridized carbons (Fsp3) is 0.333. The molecule has 146 valence electrons. The van der Waals surface area contributed by atoms with E-state index in [9.17, 15) is 4.79 Å². The number of amides is 1. The third-order valence-electron chi connectivity index (χ3n) is 4.83. The van der Waals surface area contributed by atoms with Gasteiger partial charge in [0.1, 0.15) is 13.2 Å². The predicted molar refractivity (Wildman–Crippen MR) is 108 cm³/mol. The third kappa shape index (κ3) is 4.46. The molecule has 0 spiro atoms. The van der Waals surface area contributed by atoms with Crippen molar-refractivity contribution in [1.29, 1.82) is 0 Å². The van der Waals surface area contributed by atoms with Crippen LogP contribution in [0.4, 0.5) is 0 Å². The summed E-state index contributed by atoms with van der Waals surface area (Å²) in [6, 6.07) is 9.57. The van der Waals surface area contributed by atoms with E-state index in [0.29, 0.717) is 42.8 Å². The van der Waals surface area contributed by atoms with Gasteiger partial charge in [-0.05, 0) is 35.9 Å². The Balaban J connectivity index is 1.33. The zero-order valence-corrected chi connectivity index (χ0v) is 16.3. The molecule has 3 heterocycles. The fourth-order valence-electron chi connectivity index (χ4n) is 3.35. The summed E-state index contributed by atoms with van der Waals surface area (Å²) in [6.07, 6.45) is 5.17. The number of ether oxygens (including phenoxy) is 2. The van der Waals surface area contributed by atoms with Crippen LogP contribution in [-0.4, -0.2) is 60.1 Å². The quantitative estimate of drug-likeness (QED) is 0.740. The van der Waals surface area contributed by atoms with Gasteiger partial charge in [0, 0.05) is 45.0 Å². The molecular weight excluding hydrogens is 378 g/mol. The zero-order chi connectivity index (χ0) is 19.3. The highest BCUT2D eigenvalue weighted by Gasteiger charge is 2.20. The Kier molecular flexibility index (Phi) is 5.78. The van der Waals surface area contributed by atoms with Crippen LogP contribution in [0.2, 0.25) is 5.02 Å². The van der Waals surface area contributed by atoms with Crippen LogP contribution in [-0.2, 0) is 11.3 Å². The molecule has 0 unspecified atom stereocenters. The molecule has 1 fully saturated rings. The number of aromatic nitrogens is 1. The van der Waals surface area contributed by atoms with Crippen molar-refractivity contribution in [1.82, 2.24) is 14.8 Å². The van der Waals surface area contributed by atoms with Crippen molar-refractivity contribution >= 4 is 23.6 Å². The third-order valence-corrected chi connectivity index (χ3v) is 5.11. The van der Waals surface area contributed by atoms with Gasteiger partial charge in [0.25, 0.3) is 0 Å². The highest BCUT2D eigenvalue weighted by atomic mass is 35.5. The monoisotopic (exact) mass is 399 g/mol. The van der Waals surface area contributed by atoms with E-state index in [0.717, 1.165) is 30.9 Å². The predicted octanol–water partition coefficient (Wildman–Crippen LogP) is 2.86. The first-order chi connectivity index (χ1) is 13.7. The second-order valence-corrected chi connectivity index (χ2v) is 7.19. The van der Waals surface area contributed by atoms with E-state index in [-0.39, 0.29) is 5.91 Å². The van der Waals surface area contributed by atoms with Gasteiger partial charge in [-0.25, -0.2) is 0 Å². The fourth-order valence-corrected chi connectivity index (χ4v) is 3.62. The SMILES string of the molecule is O=C(/C=C/c1cc(Cl)c2c(c1)OCCO2)N1CCN(Cc2ccccn2)CC1. The molecule has 4 rings (SSSR count).